The second kappa shape index (κ2) is 6.26. The number of aryl methyl sites for hydroxylation is 3. The quantitative estimate of drug-likeness (QED) is 0.686. The highest BCUT2D eigenvalue weighted by Crippen LogP contribution is 2.36. The molecule has 8 nitrogen and oxygen atoms in total. The molecule has 0 amide bonds. The average Bonchev–Trinajstić information content (AvgIpc) is 3.38. The Bertz CT molecular complexity index is 965. The van der Waals surface area contributed by atoms with Gasteiger partial charge in [-0.1, -0.05) is 0 Å². The second-order valence-electron chi connectivity index (χ2n) is 7.53. The van der Waals surface area contributed by atoms with Gasteiger partial charge in [0.2, 0.25) is 5.13 Å². The molecule has 2 fully saturated rings. The Labute approximate surface area is 162 Å². The lowest BCUT2D eigenvalue weighted by Gasteiger charge is -2.22. The minimum atomic E-state index is 0.640. The van der Waals surface area contributed by atoms with Crippen molar-refractivity contribution in [1.29, 1.82) is 0 Å². The van der Waals surface area contributed by atoms with Crippen LogP contribution < -0.4 is 9.80 Å². The summed E-state index contributed by atoms with van der Waals surface area (Å²) < 4.78 is 6.20. The molecule has 0 saturated carbocycles. The van der Waals surface area contributed by atoms with Gasteiger partial charge in [-0.3, -0.25) is 0 Å². The lowest BCUT2D eigenvalue weighted by Crippen LogP contribution is -2.29. The molecular weight excluding hydrogens is 360 g/mol. The Morgan fingerprint density at radius 3 is 2.26 bits per heavy atom. The third kappa shape index (κ3) is 2.95. The van der Waals surface area contributed by atoms with Gasteiger partial charge < -0.3 is 9.80 Å². The lowest BCUT2D eigenvalue weighted by molar-refractivity contribution is 0.533. The SMILES string of the molecule is Cc1cc(C)n(-c2cc(N3CC4CN(c5nc(C)ns5)CC4C3)ncn2)n1. The van der Waals surface area contributed by atoms with Gasteiger partial charge in [0.25, 0.3) is 0 Å². The number of fused-ring (bicyclic) bond motifs is 1. The van der Waals surface area contributed by atoms with Gasteiger partial charge in [0.15, 0.2) is 5.82 Å². The van der Waals surface area contributed by atoms with Crippen molar-refractivity contribution >= 4 is 22.5 Å². The third-order valence-corrected chi connectivity index (χ3v) is 6.33. The number of aromatic nitrogens is 6. The molecule has 5 rings (SSSR count). The zero-order chi connectivity index (χ0) is 18.5. The summed E-state index contributed by atoms with van der Waals surface area (Å²) in [6.45, 7) is 10.1. The van der Waals surface area contributed by atoms with Gasteiger partial charge in [-0.25, -0.2) is 19.6 Å². The fourth-order valence-electron chi connectivity index (χ4n) is 4.24. The molecular formula is C18H22N8S. The van der Waals surface area contributed by atoms with Crippen molar-refractivity contribution in [2.75, 3.05) is 36.0 Å². The van der Waals surface area contributed by atoms with Crippen LogP contribution in [0.4, 0.5) is 10.9 Å². The molecule has 2 unspecified atom stereocenters. The van der Waals surface area contributed by atoms with Crippen LogP contribution in [0.2, 0.25) is 0 Å². The first kappa shape index (κ1) is 16.6. The zero-order valence-corrected chi connectivity index (χ0v) is 16.5. The van der Waals surface area contributed by atoms with E-state index in [0.717, 1.165) is 60.2 Å². The zero-order valence-electron chi connectivity index (χ0n) is 15.7. The van der Waals surface area contributed by atoms with Gasteiger partial charge >= 0.3 is 0 Å². The minimum Gasteiger partial charge on any atom is -0.356 e. The molecule has 2 aliphatic heterocycles. The Morgan fingerprint density at radius 2 is 1.63 bits per heavy atom. The predicted octanol–water partition coefficient (Wildman–Crippen LogP) is 2.01. The van der Waals surface area contributed by atoms with Crippen LogP contribution in [-0.4, -0.2) is 55.3 Å². The van der Waals surface area contributed by atoms with Crippen LogP contribution in [0.25, 0.3) is 5.82 Å². The van der Waals surface area contributed by atoms with Crippen LogP contribution in [0.3, 0.4) is 0 Å². The van der Waals surface area contributed by atoms with E-state index in [1.54, 1.807) is 6.33 Å². The Balaban J connectivity index is 1.32. The summed E-state index contributed by atoms with van der Waals surface area (Å²) in [4.78, 5) is 18.3. The van der Waals surface area contributed by atoms with Crippen molar-refractivity contribution in [3.8, 4) is 5.82 Å². The molecule has 2 atom stereocenters. The molecule has 0 radical (unpaired) electrons. The third-order valence-electron chi connectivity index (χ3n) is 5.46. The number of hydrogen-bond donors (Lipinski definition) is 0. The van der Waals surface area contributed by atoms with Crippen LogP contribution in [0.1, 0.15) is 17.2 Å². The van der Waals surface area contributed by atoms with Crippen LogP contribution in [0.15, 0.2) is 18.5 Å². The maximum Gasteiger partial charge on any atom is 0.205 e. The molecule has 0 aromatic carbocycles. The second-order valence-corrected chi connectivity index (χ2v) is 8.26. The smallest absolute Gasteiger partial charge is 0.205 e. The van der Waals surface area contributed by atoms with Crippen molar-refractivity contribution in [1.82, 2.24) is 29.1 Å². The molecule has 0 N–H and O–H groups in total. The van der Waals surface area contributed by atoms with E-state index < -0.39 is 0 Å². The van der Waals surface area contributed by atoms with E-state index >= 15 is 0 Å². The molecule has 2 aliphatic rings. The first-order valence-corrected chi connectivity index (χ1v) is 10.00. The van der Waals surface area contributed by atoms with Crippen LogP contribution in [0.5, 0.6) is 0 Å². The predicted molar refractivity (Wildman–Crippen MR) is 105 cm³/mol. The van der Waals surface area contributed by atoms with E-state index in [9.17, 15) is 0 Å². The normalized spacial score (nSPS) is 21.9. The van der Waals surface area contributed by atoms with Crippen molar-refractivity contribution < 1.29 is 0 Å². The van der Waals surface area contributed by atoms with Gasteiger partial charge in [-0.05, 0) is 26.8 Å². The fraction of sp³-hybridized carbons (Fsp3) is 0.500. The van der Waals surface area contributed by atoms with Crippen LogP contribution in [-0.2, 0) is 0 Å². The molecule has 2 saturated heterocycles. The first-order valence-electron chi connectivity index (χ1n) is 9.23. The molecule has 0 bridgehead atoms. The standard InChI is InChI=1S/C18H22N8S/c1-11-4-12(2)26(22-11)17-5-16(19-10-20-17)24-6-14-8-25(9-15(14)7-24)18-21-13(3)23-27-18/h4-5,10,14-15H,6-9H2,1-3H3. The molecule has 0 spiro atoms. The molecule has 5 heterocycles. The molecule has 140 valence electrons. The maximum atomic E-state index is 4.54. The van der Waals surface area contributed by atoms with Gasteiger partial charge in [0.05, 0.1) is 5.69 Å². The van der Waals surface area contributed by atoms with E-state index in [1.807, 2.05) is 31.5 Å². The van der Waals surface area contributed by atoms with Crippen LogP contribution in [0, 0.1) is 32.6 Å². The first-order chi connectivity index (χ1) is 13.1. The van der Waals surface area contributed by atoms with Gasteiger partial charge in [0, 0.05) is 61.3 Å². The largest absolute Gasteiger partial charge is 0.356 e. The number of anilines is 2. The molecule has 27 heavy (non-hydrogen) atoms. The summed E-state index contributed by atoms with van der Waals surface area (Å²) >= 11 is 1.51. The summed E-state index contributed by atoms with van der Waals surface area (Å²) in [5.74, 6) is 3.96. The summed E-state index contributed by atoms with van der Waals surface area (Å²) in [5.41, 5.74) is 2.08. The molecule has 3 aromatic heterocycles. The van der Waals surface area contributed by atoms with E-state index in [4.69, 9.17) is 0 Å². The lowest BCUT2D eigenvalue weighted by atomic mass is 10.0. The highest BCUT2D eigenvalue weighted by atomic mass is 32.1. The Morgan fingerprint density at radius 1 is 0.926 bits per heavy atom. The minimum absolute atomic E-state index is 0.640. The van der Waals surface area contributed by atoms with Gasteiger partial charge in [0.1, 0.15) is 18.0 Å². The number of nitrogens with zero attached hydrogens (tertiary/aromatic N) is 8. The van der Waals surface area contributed by atoms with E-state index in [0.29, 0.717) is 11.8 Å². The summed E-state index contributed by atoms with van der Waals surface area (Å²) in [6, 6.07) is 4.11. The van der Waals surface area contributed by atoms with Gasteiger partial charge in [-0.15, -0.1) is 0 Å². The summed E-state index contributed by atoms with van der Waals surface area (Å²) in [7, 11) is 0. The van der Waals surface area contributed by atoms with Crippen molar-refractivity contribution in [3.05, 3.63) is 35.7 Å². The van der Waals surface area contributed by atoms with E-state index in [1.165, 1.54) is 11.5 Å². The van der Waals surface area contributed by atoms with Gasteiger partial charge in [-0.2, -0.15) is 9.47 Å². The van der Waals surface area contributed by atoms with Crippen molar-refractivity contribution in [2.45, 2.75) is 20.8 Å². The molecule has 3 aromatic rings. The number of hydrogen-bond acceptors (Lipinski definition) is 8. The summed E-state index contributed by atoms with van der Waals surface area (Å²) in [6.07, 6.45) is 1.64. The van der Waals surface area contributed by atoms with E-state index in [2.05, 4.69) is 40.3 Å². The highest BCUT2D eigenvalue weighted by molar-refractivity contribution is 7.09. The summed E-state index contributed by atoms with van der Waals surface area (Å²) in [5, 5.41) is 5.60. The highest BCUT2D eigenvalue weighted by Gasteiger charge is 2.41. The van der Waals surface area contributed by atoms with Crippen LogP contribution >= 0.6 is 11.5 Å². The van der Waals surface area contributed by atoms with E-state index in [-0.39, 0.29) is 0 Å². The monoisotopic (exact) mass is 382 g/mol. The Kier molecular flexibility index (Phi) is 3.85. The maximum absolute atomic E-state index is 4.54. The molecule has 0 aliphatic carbocycles. The van der Waals surface area contributed by atoms with Crippen molar-refractivity contribution in [2.24, 2.45) is 11.8 Å². The average molecular weight is 382 g/mol. The fourth-order valence-corrected chi connectivity index (χ4v) is 4.93. The Hall–Kier alpha value is -2.55. The number of rotatable bonds is 3. The van der Waals surface area contributed by atoms with Crippen molar-refractivity contribution in [3.63, 3.8) is 0 Å². The molecule has 9 heteroatoms. The topological polar surface area (TPSA) is 75.9 Å².